The lowest BCUT2D eigenvalue weighted by molar-refractivity contribution is -0.116. The molecule has 1 amide bonds. The van der Waals surface area contributed by atoms with Crippen LogP contribution >= 0.6 is 0 Å². The molecule has 2 aromatic carbocycles. The molecule has 1 aromatic heterocycles. The Hall–Kier alpha value is -3.33. The lowest BCUT2D eigenvalue weighted by Crippen LogP contribution is -2.36. The highest BCUT2D eigenvalue weighted by molar-refractivity contribution is 5.91. The van der Waals surface area contributed by atoms with Gasteiger partial charge in [0.25, 0.3) is 0 Å². The largest absolute Gasteiger partial charge is 0.441 e. The number of hydrogen-bond acceptors (Lipinski definition) is 5. The molecule has 2 heterocycles. The van der Waals surface area contributed by atoms with Crippen LogP contribution in [0, 0.1) is 17.5 Å². The summed E-state index contributed by atoms with van der Waals surface area (Å²) in [4.78, 5) is 18.1. The van der Waals surface area contributed by atoms with Gasteiger partial charge in [0.05, 0.1) is 30.7 Å². The molecule has 1 aliphatic heterocycles. The number of halogens is 3. The van der Waals surface area contributed by atoms with Crippen LogP contribution < -0.4 is 10.2 Å². The Morgan fingerprint density at radius 1 is 1.06 bits per heavy atom. The molecular formula is C22H20F3N3O3. The molecule has 1 fully saturated rings. The average Bonchev–Trinajstić information content (AvgIpc) is 3.22. The molecule has 0 aliphatic carbocycles. The number of aromatic nitrogens is 1. The molecule has 0 spiro atoms. The van der Waals surface area contributed by atoms with Crippen molar-refractivity contribution in [3.63, 3.8) is 0 Å². The number of benzene rings is 2. The van der Waals surface area contributed by atoms with Gasteiger partial charge < -0.3 is 19.4 Å². The first kappa shape index (κ1) is 20.9. The standard InChI is InChI=1S/C22H20F3N3O3/c23-14-1-3-16(17(24)11-14)20-13-26-22(31-20)6-5-21(29)27-15-2-4-19(18(25)12-15)28-7-9-30-10-8-28/h1-4,11-13H,5-10H2,(H,27,29). The van der Waals surface area contributed by atoms with Crippen LogP contribution in [0.1, 0.15) is 12.3 Å². The summed E-state index contributed by atoms with van der Waals surface area (Å²) < 4.78 is 52.1. The van der Waals surface area contributed by atoms with Crippen LogP contribution in [-0.2, 0) is 16.0 Å². The topological polar surface area (TPSA) is 67.6 Å². The lowest BCUT2D eigenvalue weighted by atomic mass is 10.2. The summed E-state index contributed by atoms with van der Waals surface area (Å²) in [7, 11) is 0. The van der Waals surface area contributed by atoms with Gasteiger partial charge in [-0.2, -0.15) is 0 Å². The minimum atomic E-state index is -0.761. The van der Waals surface area contributed by atoms with E-state index >= 15 is 0 Å². The maximum absolute atomic E-state index is 14.4. The highest BCUT2D eigenvalue weighted by Gasteiger charge is 2.16. The van der Waals surface area contributed by atoms with Gasteiger partial charge in [-0.25, -0.2) is 18.2 Å². The van der Waals surface area contributed by atoms with Crippen LogP contribution in [0.5, 0.6) is 0 Å². The molecule has 0 saturated carbocycles. The smallest absolute Gasteiger partial charge is 0.224 e. The Morgan fingerprint density at radius 2 is 1.87 bits per heavy atom. The number of carbonyl (C=O) groups excluding carboxylic acids is 1. The monoisotopic (exact) mass is 431 g/mol. The van der Waals surface area contributed by atoms with Crippen LogP contribution in [0.25, 0.3) is 11.3 Å². The average molecular weight is 431 g/mol. The van der Waals surface area contributed by atoms with Gasteiger partial charge in [0.2, 0.25) is 5.91 Å². The van der Waals surface area contributed by atoms with Crippen molar-refractivity contribution in [1.29, 1.82) is 0 Å². The number of rotatable bonds is 6. The second-order valence-electron chi connectivity index (χ2n) is 7.06. The van der Waals surface area contributed by atoms with E-state index in [0.717, 1.165) is 12.1 Å². The zero-order valence-electron chi connectivity index (χ0n) is 16.5. The van der Waals surface area contributed by atoms with Crippen molar-refractivity contribution in [3.8, 4) is 11.3 Å². The van der Waals surface area contributed by atoms with Gasteiger partial charge in [0.1, 0.15) is 17.5 Å². The number of oxazole rings is 1. The molecule has 6 nitrogen and oxygen atoms in total. The first-order valence-corrected chi connectivity index (χ1v) is 9.82. The number of aryl methyl sites for hydroxylation is 1. The summed E-state index contributed by atoms with van der Waals surface area (Å²) >= 11 is 0. The fourth-order valence-electron chi connectivity index (χ4n) is 3.33. The number of amides is 1. The number of nitrogens with zero attached hydrogens (tertiary/aromatic N) is 2. The molecule has 1 saturated heterocycles. The summed E-state index contributed by atoms with van der Waals surface area (Å²) in [5.74, 6) is -1.82. The Labute approximate surface area is 176 Å². The number of carbonyl (C=O) groups is 1. The SMILES string of the molecule is O=C(CCc1ncc(-c2ccc(F)cc2F)o1)Nc1ccc(N2CCOCC2)c(F)c1. The van der Waals surface area contributed by atoms with Gasteiger partial charge in [-0.1, -0.05) is 0 Å². The van der Waals surface area contributed by atoms with E-state index in [4.69, 9.17) is 9.15 Å². The number of hydrogen-bond donors (Lipinski definition) is 1. The maximum atomic E-state index is 14.4. The molecule has 4 rings (SSSR count). The Kier molecular flexibility index (Phi) is 6.22. The van der Waals surface area contributed by atoms with Gasteiger partial charge in [0, 0.05) is 37.7 Å². The Morgan fingerprint density at radius 3 is 2.61 bits per heavy atom. The fraction of sp³-hybridized carbons (Fsp3) is 0.273. The molecule has 3 aromatic rings. The third kappa shape index (κ3) is 5.05. The molecule has 1 N–H and O–H groups in total. The highest BCUT2D eigenvalue weighted by Crippen LogP contribution is 2.26. The van der Waals surface area contributed by atoms with Gasteiger partial charge in [-0.05, 0) is 30.3 Å². The maximum Gasteiger partial charge on any atom is 0.224 e. The first-order chi connectivity index (χ1) is 15.0. The summed E-state index contributed by atoms with van der Waals surface area (Å²) in [5, 5.41) is 2.64. The van der Waals surface area contributed by atoms with Crippen LogP contribution in [-0.4, -0.2) is 37.2 Å². The predicted octanol–water partition coefficient (Wildman–Crippen LogP) is 4.17. The number of anilines is 2. The quantitative estimate of drug-likeness (QED) is 0.635. The van der Waals surface area contributed by atoms with Crippen molar-refractivity contribution in [2.45, 2.75) is 12.8 Å². The molecule has 0 atom stereocenters. The Balaban J connectivity index is 1.33. The molecule has 31 heavy (non-hydrogen) atoms. The zero-order chi connectivity index (χ0) is 21.8. The molecule has 1 aliphatic rings. The number of morpholine rings is 1. The van der Waals surface area contributed by atoms with Crippen molar-refractivity contribution >= 4 is 17.3 Å². The van der Waals surface area contributed by atoms with Crippen molar-refractivity contribution < 1.29 is 27.1 Å². The van der Waals surface area contributed by atoms with E-state index in [-0.39, 0.29) is 36.0 Å². The van der Waals surface area contributed by atoms with Crippen LogP contribution in [0.4, 0.5) is 24.5 Å². The van der Waals surface area contributed by atoms with Crippen molar-refractivity contribution in [3.05, 3.63) is 65.9 Å². The van der Waals surface area contributed by atoms with Gasteiger partial charge >= 0.3 is 0 Å². The molecule has 0 radical (unpaired) electrons. The summed E-state index contributed by atoms with van der Waals surface area (Å²) in [6, 6.07) is 7.70. The van der Waals surface area contributed by atoms with E-state index in [1.54, 1.807) is 12.1 Å². The zero-order valence-corrected chi connectivity index (χ0v) is 16.5. The van der Waals surface area contributed by atoms with Crippen molar-refractivity contribution in [2.75, 3.05) is 36.5 Å². The van der Waals surface area contributed by atoms with E-state index < -0.39 is 17.5 Å². The van der Waals surface area contributed by atoms with E-state index in [2.05, 4.69) is 10.3 Å². The third-order valence-electron chi connectivity index (χ3n) is 4.90. The van der Waals surface area contributed by atoms with E-state index in [9.17, 15) is 18.0 Å². The lowest BCUT2D eigenvalue weighted by Gasteiger charge is -2.29. The summed E-state index contributed by atoms with van der Waals surface area (Å²) in [6.07, 6.45) is 1.53. The van der Waals surface area contributed by atoms with Crippen LogP contribution in [0.15, 0.2) is 47.0 Å². The predicted molar refractivity (Wildman–Crippen MR) is 108 cm³/mol. The normalized spacial score (nSPS) is 14.0. The first-order valence-electron chi connectivity index (χ1n) is 9.82. The van der Waals surface area contributed by atoms with Gasteiger partial charge in [-0.15, -0.1) is 0 Å². The fourth-order valence-corrected chi connectivity index (χ4v) is 3.33. The van der Waals surface area contributed by atoms with E-state index in [1.807, 2.05) is 4.90 Å². The highest BCUT2D eigenvalue weighted by atomic mass is 19.1. The minimum Gasteiger partial charge on any atom is -0.441 e. The Bertz CT molecular complexity index is 1080. The van der Waals surface area contributed by atoms with Crippen molar-refractivity contribution in [2.24, 2.45) is 0 Å². The number of ether oxygens (including phenoxy) is 1. The number of nitrogens with one attached hydrogen (secondary N) is 1. The van der Waals surface area contributed by atoms with Crippen LogP contribution in [0.3, 0.4) is 0 Å². The molecule has 162 valence electrons. The van der Waals surface area contributed by atoms with Crippen LogP contribution in [0.2, 0.25) is 0 Å². The third-order valence-corrected chi connectivity index (χ3v) is 4.90. The molecular weight excluding hydrogens is 411 g/mol. The second-order valence-corrected chi connectivity index (χ2v) is 7.06. The summed E-state index contributed by atoms with van der Waals surface area (Å²) in [5.41, 5.74) is 0.906. The molecule has 0 unspecified atom stereocenters. The van der Waals surface area contributed by atoms with Crippen molar-refractivity contribution in [1.82, 2.24) is 4.98 Å². The molecule has 0 bridgehead atoms. The second kappa shape index (κ2) is 9.22. The van der Waals surface area contributed by atoms with Gasteiger partial charge in [-0.3, -0.25) is 4.79 Å². The minimum absolute atomic E-state index is 0.0404. The van der Waals surface area contributed by atoms with Gasteiger partial charge in [0.15, 0.2) is 11.7 Å². The van der Waals surface area contributed by atoms with E-state index in [1.165, 1.54) is 18.3 Å². The summed E-state index contributed by atoms with van der Waals surface area (Å²) in [6.45, 7) is 2.33. The molecule has 9 heteroatoms. The van der Waals surface area contributed by atoms with E-state index in [0.29, 0.717) is 37.7 Å².